The maximum Gasteiger partial charge on any atom is 0.264 e. The van der Waals surface area contributed by atoms with E-state index in [1.807, 2.05) is 24.3 Å². The normalized spacial score (nSPS) is 10.8. The van der Waals surface area contributed by atoms with Crippen LogP contribution < -0.4 is 19.1 Å². The molecule has 0 atom stereocenters. The van der Waals surface area contributed by atoms with Crippen molar-refractivity contribution in [2.75, 3.05) is 26.2 Å². The van der Waals surface area contributed by atoms with Crippen molar-refractivity contribution in [3.8, 4) is 17.2 Å². The summed E-state index contributed by atoms with van der Waals surface area (Å²) in [6, 6.07) is 14.1. The van der Waals surface area contributed by atoms with Gasteiger partial charge in [-0.15, -0.1) is 0 Å². The van der Waals surface area contributed by atoms with Gasteiger partial charge in [0.15, 0.2) is 5.13 Å². The maximum absolute atomic E-state index is 13.7. The zero-order valence-electron chi connectivity index (χ0n) is 17.7. The summed E-state index contributed by atoms with van der Waals surface area (Å²) >= 11 is 7.52. The fourth-order valence-corrected chi connectivity index (χ4v) is 4.51. The molecule has 32 heavy (non-hydrogen) atoms. The van der Waals surface area contributed by atoms with E-state index in [4.69, 9.17) is 30.8 Å². The molecule has 0 aliphatic carbocycles. The lowest BCUT2D eigenvalue weighted by molar-refractivity contribution is 0.0982. The van der Waals surface area contributed by atoms with E-state index >= 15 is 0 Å². The number of ether oxygens (including phenoxy) is 3. The molecule has 1 amide bonds. The van der Waals surface area contributed by atoms with Crippen LogP contribution in [0, 0.1) is 0 Å². The summed E-state index contributed by atoms with van der Waals surface area (Å²) in [6.45, 7) is 0.208. The summed E-state index contributed by atoms with van der Waals surface area (Å²) in [5, 5.41) is 0.903. The SMILES string of the molecule is COc1ccc(Cl)cc1C(=O)N(Cc1ccccn1)c1nc2c(OC)ccc(OC)c2s1. The molecule has 0 unspecified atom stereocenters. The van der Waals surface area contributed by atoms with Crippen LogP contribution in [0.2, 0.25) is 5.02 Å². The van der Waals surface area contributed by atoms with E-state index in [1.54, 1.807) is 49.6 Å². The average molecular weight is 470 g/mol. The molecule has 0 bridgehead atoms. The molecule has 4 rings (SSSR count). The molecule has 0 saturated carbocycles. The smallest absolute Gasteiger partial charge is 0.264 e. The van der Waals surface area contributed by atoms with Gasteiger partial charge in [0.25, 0.3) is 5.91 Å². The number of rotatable bonds is 7. The highest BCUT2D eigenvalue weighted by Gasteiger charge is 2.26. The quantitative estimate of drug-likeness (QED) is 0.369. The Morgan fingerprint density at radius 1 is 1.00 bits per heavy atom. The number of pyridine rings is 1. The highest BCUT2D eigenvalue weighted by Crippen LogP contribution is 2.41. The summed E-state index contributed by atoms with van der Waals surface area (Å²) in [7, 11) is 4.68. The van der Waals surface area contributed by atoms with Gasteiger partial charge in [-0.2, -0.15) is 0 Å². The molecule has 2 aromatic heterocycles. The van der Waals surface area contributed by atoms with E-state index in [0.717, 1.165) is 4.70 Å². The zero-order valence-corrected chi connectivity index (χ0v) is 19.2. The van der Waals surface area contributed by atoms with Crippen molar-refractivity contribution in [1.82, 2.24) is 9.97 Å². The number of thiazole rings is 1. The summed E-state index contributed by atoms with van der Waals surface area (Å²) < 4.78 is 17.2. The van der Waals surface area contributed by atoms with Crippen molar-refractivity contribution in [3.63, 3.8) is 0 Å². The minimum atomic E-state index is -0.313. The largest absolute Gasteiger partial charge is 0.496 e. The molecule has 0 aliphatic rings. The molecule has 0 radical (unpaired) electrons. The van der Waals surface area contributed by atoms with Crippen molar-refractivity contribution < 1.29 is 19.0 Å². The number of carbonyl (C=O) groups is 1. The first-order chi connectivity index (χ1) is 15.5. The van der Waals surface area contributed by atoms with Crippen molar-refractivity contribution >= 4 is 44.2 Å². The highest BCUT2D eigenvalue weighted by atomic mass is 35.5. The van der Waals surface area contributed by atoms with Crippen LogP contribution in [-0.2, 0) is 6.54 Å². The van der Waals surface area contributed by atoms with Gasteiger partial charge in [0.1, 0.15) is 27.5 Å². The molecule has 2 heterocycles. The molecule has 0 spiro atoms. The van der Waals surface area contributed by atoms with Gasteiger partial charge in [-0.25, -0.2) is 4.98 Å². The number of hydrogen-bond donors (Lipinski definition) is 0. The molecule has 0 saturated heterocycles. The summed E-state index contributed by atoms with van der Waals surface area (Å²) in [6.07, 6.45) is 1.68. The number of methoxy groups -OCH3 is 3. The third-order valence-corrected chi connectivity index (χ3v) is 6.14. The fraction of sp³-hybridized carbons (Fsp3) is 0.174. The molecule has 0 N–H and O–H groups in total. The van der Waals surface area contributed by atoms with E-state index in [0.29, 0.717) is 44.2 Å². The second-order valence-electron chi connectivity index (χ2n) is 6.70. The van der Waals surface area contributed by atoms with Crippen LogP contribution in [0.25, 0.3) is 10.2 Å². The number of anilines is 1. The van der Waals surface area contributed by atoms with E-state index in [9.17, 15) is 4.79 Å². The Kier molecular flexibility index (Phi) is 6.43. The number of hydrogen-bond acceptors (Lipinski definition) is 7. The van der Waals surface area contributed by atoms with Crippen molar-refractivity contribution in [1.29, 1.82) is 0 Å². The van der Waals surface area contributed by atoms with Gasteiger partial charge in [-0.1, -0.05) is 29.0 Å². The standard InChI is InChI=1S/C23H20ClN3O4S/c1-29-17-8-7-14(24)12-16(17)22(28)27(13-15-6-4-5-11-25-15)23-26-20-18(30-2)9-10-19(31-3)21(20)32-23/h4-12H,13H2,1-3H3. The third kappa shape index (κ3) is 4.19. The van der Waals surface area contributed by atoms with E-state index in [-0.39, 0.29) is 12.5 Å². The third-order valence-electron chi connectivity index (χ3n) is 4.81. The molecule has 164 valence electrons. The minimum absolute atomic E-state index is 0.208. The minimum Gasteiger partial charge on any atom is -0.496 e. The Hall–Kier alpha value is -3.36. The van der Waals surface area contributed by atoms with Crippen LogP contribution in [0.4, 0.5) is 5.13 Å². The van der Waals surface area contributed by atoms with Gasteiger partial charge in [-0.3, -0.25) is 14.7 Å². The van der Waals surface area contributed by atoms with Crippen LogP contribution in [0.15, 0.2) is 54.7 Å². The first-order valence-electron chi connectivity index (χ1n) is 9.62. The number of aromatic nitrogens is 2. The number of halogens is 1. The Labute approximate surface area is 194 Å². The average Bonchev–Trinajstić information content (AvgIpc) is 3.27. The molecular formula is C23H20ClN3O4S. The van der Waals surface area contributed by atoms with Crippen LogP contribution in [0.5, 0.6) is 17.2 Å². The molecule has 4 aromatic rings. The van der Waals surface area contributed by atoms with Gasteiger partial charge < -0.3 is 14.2 Å². The van der Waals surface area contributed by atoms with Crippen LogP contribution in [0.1, 0.15) is 16.1 Å². The lowest BCUT2D eigenvalue weighted by atomic mass is 10.1. The summed E-state index contributed by atoms with van der Waals surface area (Å²) in [5.41, 5.74) is 1.65. The molecule has 7 nitrogen and oxygen atoms in total. The topological polar surface area (TPSA) is 73.8 Å². The summed E-state index contributed by atoms with van der Waals surface area (Å²) in [4.78, 5) is 24.4. The van der Waals surface area contributed by atoms with Gasteiger partial charge in [0.05, 0.1) is 39.1 Å². The lowest BCUT2D eigenvalue weighted by Gasteiger charge is -2.21. The fourth-order valence-electron chi connectivity index (χ4n) is 3.26. The number of carbonyl (C=O) groups excluding carboxylic acids is 1. The second kappa shape index (κ2) is 9.42. The van der Waals surface area contributed by atoms with Crippen molar-refractivity contribution in [3.05, 3.63) is 71.0 Å². The maximum atomic E-state index is 13.7. The van der Waals surface area contributed by atoms with Crippen molar-refractivity contribution in [2.45, 2.75) is 6.54 Å². The lowest BCUT2D eigenvalue weighted by Crippen LogP contribution is -2.31. The van der Waals surface area contributed by atoms with Gasteiger partial charge in [-0.05, 0) is 42.5 Å². The van der Waals surface area contributed by atoms with E-state index in [2.05, 4.69) is 4.98 Å². The molecule has 0 fully saturated rings. The van der Waals surface area contributed by atoms with E-state index in [1.165, 1.54) is 18.4 Å². The number of benzene rings is 2. The number of nitrogens with zero attached hydrogens (tertiary/aromatic N) is 3. The Bertz CT molecular complexity index is 1220. The van der Waals surface area contributed by atoms with Crippen LogP contribution in [0.3, 0.4) is 0 Å². The summed E-state index contributed by atoms with van der Waals surface area (Å²) in [5.74, 6) is 1.35. The van der Waals surface area contributed by atoms with Crippen molar-refractivity contribution in [2.24, 2.45) is 0 Å². The Balaban J connectivity index is 1.87. The van der Waals surface area contributed by atoms with Gasteiger partial charge in [0.2, 0.25) is 0 Å². The molecule has 9 heteroatoms. The Morgan fingerprint density at radius 3 is 2.41 bits per heavy atom. The monoisotopic (exact) mass is 469 g/mol. The highest BCUT2D eigenvalue weighted by molar-refractivity contribution is 7.22. The second-order valence-corrected chi connectivity index (χ2v) is 8.12. The predicted molar refractivity (Wildman–Crippen MR) is 125 cm³/mol. The van der Waals surface area contributed by atoms with Crippen LogP contribution in [-0.4, -0.2) is 37.2 Å². The zero-order chi connectivity index (χ0) is 22.7. The number of amides is 1. The van der Waals surface area contributed by atoms with Gasteiger partial charge >= 0.3 is 0 Å². The molecule has 2 aromatic carbocycles. The Morgan fingerprint density at radius 2 is 1.72 bits per heavy atom. The molecule has 0 aliphatic heterocycles. The van der Waals surface area contributed by atoms with Crippen LogP contribution >= 0.6 is 22.9 Å². The van der Waals surface area contributed by atoms with Gasteiger partial charge in [0, 0.05) is 11.2 Å². The first kappa shape index (κ1) is 21.9. The first-order valence-corrected chi connectivity index (χ1v) is 10.8. The molecular weight excluding hydrogens is 450 g/mol. The van der Waals surface area contributed by atoms with E-state index < -0.39 is 0 Å². The predicted octanol–water partition coefficient (Wildman–Crippen LogP) is 5.22. The number of fused-ring (bicyclic) bond motifs is 1.